The van der Waals surface area contributed by atoms with Gasteiger partial charge in [-0.05, 0) is 23.6 Å². The third kappa shape index (κ3) is 2.37. The Morgan fingerprint density at radius 1 is 0.875 bits per heavy atom. The average Bonchev–Trinajstić information content (AvgIpc) is 2.30. The molecule has 0 spiro atoms. The van der Waals surface area contributed by atoms with Crippen LogP contribution in [-0.2, 0) is 0 Å². The number of rotatable bonds is 2. The Morgan fingerprint density at radius 3 is 1.75 bits per heavy atom. The van der Waals surface area contributed by atoms with Crippen LogP contribution >= 0.6 is 12.6 Å². The third-order valence-electron chi connectivity index (χ3n) is 2.60. The quantitative estimate of drug-likeness (QED) is 0.713. The fraction of sp³-hybridized carbons (Fsp3) is 0.0667. The Kier molecular flexibility index (Phi) is 3.16. The molecule has 1 heteroatoms. The van der Waals surface area contributed by atoms with E-state index in [0.29, 0.717) is 0 Å². The average molecular weight is 226 g/mol. The predicted octanol–water partition coefficient (Wildman–Crippen LogP) is 4.56. The highest BCUT2D eigenvalue weighted by Crippen LogP contribution is 2.23. The summed E-state index contributed by atoms with van der Waals surface area (Å²) >= 11 is 4.23. The van der Waals surface area contributed by atoms with Gasteiger partial charge in [-0.25, -0.2) is 0 Å². The maximum Gasteiger partial charge on any atom is 0.00405 e. The summed E-state index contributed by atoms with van der Waals surface area (Å²) in [5.74, 6) is 0. The van der Waals surface area contributed by atoms with Gasteiger partial charge in [0.15, 0.2) is 0 Å². The molecule has 0 saturated carbocycles. The molecule has 0 fully saturated rings. The van der Waals surface area contributed by atoms with Gasteiger partial charge >= 0.3 is 0 Å². The number of benzene rings is 2. The van der Waals surface area contributed by atoms with E-state index < -0.39 is 0 Å². The van der Waals surface area contributed by atoms with Crippen LogP contribution in [0.2, 0.25) is 0 Å². The molecule has 0 radical (unpaired) electrons. The Hall–Kier alpha value is -1.47. The molecule has 2 rings (SSSR count). The van der Waals surface area contributed by atoms with Gasteiger partial charge in [0.1, 0.15) is 0 Å². The molecule has 0 heterocycles. The highest BCUT2D eigenvalue weighted by Gasteiger charge is 1.98. The summed E-state index contributed by atoms with van der Waals surface area (Å²) in [5, 5.41) is 0. The molecule has 80 valence electrons. The predicted molar refractivity (Wildman–Crippen MR) is 74.6 cm³/mol. The Morgan fingerprint density at radius 2 is 1.31 bits per heavy atom. The molecular weight excluding hydrogens is 212 g/mol. The molecule has 0 aliphatic rings. The van der Waals surface area contributed by atoms with E-state index in [-0.39, 0.29) is 0 Å². The molecule has 0 bridgehead atoms. The zero-order valence-corrected chi connectivity index (χ0v) is 10.2. The SMILES string of the molecule is C=C(S)c1ccc(-c2ccc(C)cc2)cc1. The Labute approximate surface area is 102 Å². The van der Waals surface area contributed by atoms with Crippen molar-refractivity contribution in [2.75, 3.05) is 0 Å². The number of hydrogen-bond acceptors (Lipinski definition) is 1. The second kappa shape index (κ2) is 4.58. The van der Waals surface area contributed by atoms with Crippen molar-refractivity contribution in [2.45, 2.75) is 6.92 Å². The van der Waals surface area contributed by atoms with E-state index in [2.05, 4.69) is 62.5 Å². The summed E-state index contributed by atoms with van der Waals surface area (Å²) < 4.78 is 0. The van der Waals surface area contributed by atoms with Crippen LogP contribution in [0.5, 0.6) is 0 Å². The fourth-order valence-corrected chi connectivity index (χ4v) is 1.75. The molecule has 2 aromatic rings. The van der Waals surface area contributed by atoms with Crippen molar-refractivity contribution in [2.24, 2.45) is 0 Å². The van der Waals surface area contributed by atoms with Crippen molar-refractivity contribution in [1.82, 2.24) is 0 Å². The van der Waals surface area contributed by atoms with Crippen LogP contribution in [0.1, 0.15) is 11.1 Å². The molecule has 0 N–H and O–H groups in total. The Balaban J connectivity index is 2.34. The zero-order valence-electron chi connectivity index (χ0n) is 9.27. The van der Waals surface area contributed by atoms with Crippen LogP contribution in [0.15, 0.2) is 55.1 Å². The van der Waals surface area contributed by atoms with Gasteiger partial charge in [0, 0.05) is 4.91 Å². The second-order valence-corrected chi connectivity index (χ2v) is 4.43. The summed E-state index contributed by atoms with van der Waals surface area (Å²) in [7, 11) is 0. The lowest BCUT2D eigenvalue weighted by atomic mass is 10.0. The molecule has 0 aliphatic carbocycles. The van der Waals surface area contributed by atoms with Gasteiger partial charge < -0.3 is 0 Å². The summed E-state index contributed by atoms with van der Waals surface area (Å²) in [6, 6.07) is 16.8. The molecule has 0 unspecified atom stereocenters. The smallest absolute Gasteiger partial charge is 0.00405 e. The highest BCUT2D eigenvalue weighted by molar-refractivity contribution is 7.90. The van der Waals surface area contributed by atoms with Gasteiger partial charge in [-0.2, -0.15) is 0 Å². The van der Waals surface area contributed by atoms with Crippen LogP contribution in [0.25, 0.3) is 16.0 Å². The minimum absolute atomic E-state index is 0.801. The van der Waals surface area contributed by atoms with E-state index in [1.165, 1.54) is 16.7 Å². The van der Waals surface area contributed by atoms with Crippen molar-refractivity contribution in [1.29, 1.82) is 0 Å². The molecule has 2 aromatic carbocycles. The number of hydrogen-bond donors (Lipinski definition) is 1. The summed E-state index contributed by atoms with van der Waals surface area (Å²) in [5.41, 5.74) is 4.81. The lowest BCUT2D eigenvalue weighted by Crippen LogP contribution is -1.80. The molecule has 16 heavy (non-hydrogen) atoms. The third-order valence-corrected chi connectivity index (χ3v) is 2.86. The maximum absolute atomic E-state index is 4.23. The first-order chi connectivity index (χ1) is 7.66. The molecule has 0 saturated heterocycles. The van der Waals surface area contributed by atoms with E-state index in [0.717, 1.165) is 10.5 Å². The van der Waals surface area contributed by atoms with Crippen LogP contribution in [0.3, 0.4) is 0 Å². The van der Waals surface area contributed by atoms with Gasteiger partial charge in [0.05, 0.1) is 0 Å². The molecule has 0 nitrogen and oxygen atoms in total. The van der Waals surface area contributed by atoms with Gasteiger partial charge in [-0.1, -0.05) is 60.7 Å². The maximum atomic E-state index is 4.23. The standard InChI is InChI=1S/C15H14S/c1-11-3-5-14(6-4-11)15-9-7-13(8-10-15)12(2)16/h3-10,16H,2H2,1H3. The van der Waals surface area contributed by atoms with Crippen molar-refractivity contribution in [3.05, 3.63) is 66.2 Å². The summed E-state index contributed by atoms with van der Waals surface area (Å²) in [4.78, 5) is 0.801. The van der Waals surface area contributed by atoms with E-state index in [4.69, 9.17) is 0 Å². The second-order valence-electron chi connectivity index (χ2n) is 3.89. The Bertz CT molecular complexity index is 492. The summed E-state index contributed by atoms with van der Waals surface area (Å²) in [6.07, 6.45) is 0. The topological polar surface area (TPSA) is 0 Å². The van der Waals surface area contributed by atoms with E-state index in [1.54, 1.807) is 0 Å². The van der Waals surface area contributed by atoms with Crippen molar-refractivity contribution in [3.63, 3.8) is 0 Å². The van der Waals surface area contributed by atoms with Gasteiger partial charge in [0.25, 0.3) is 0 Å². The molecule has 0 amide bonds. The monoisotopic (exact) mass is 226 g/mol. The zero-order chi connectivity index (χ0) is 11.5. The first kappa shape index (κ1) is 11.0. The largest absolute Gasteiger partial charge is 0.143 e. The van der Waals surface area contributed by atoms with Crippen molar-refractivity contribution in [3.8, 4) is 11.1 Å². The van der Waals surface area contributed by atoms with E-state index in [1.807, 2.05) is 12.1 Å². The molecule has 0 atom stereocenters. The van der Waals surface area contributed by atoms with Crippen LogP contribution in [0.4, 0.5) is 0 Å². The van der Waals surface area contributed by atoms with Crippen LogP contribution in [-0.4, -0.2) is 0 Å². The van der Waals surface area contributed by atoms with Crippen molar-refractivity contribution < 1.29 is 0 Å². The molecular formula is C15H14S. The summed E-state index contributed by atoms with van der Waals surface area (Å²) in [6.45, 7) is 5.90. The number of aryl methyl sites for hydroxylation is 1. The van der Waals surface area contributed by atoms with Gasteiger partial charge in [-0.3, -0.25) is 0 Å². The highest BCUT2D eigenvalue weighted by atomic mass is 32.1. The minimum atomic E-state index is 0.801. The molecule has 0 aliphatic heterocycles. The van der Waals surface area contributed by atoms with Crippen molar-refractivity contribution >= 4 is 17.5 Å². The normalized spacial score (nSPS) is 10.1. The first-order valence-electron chi connectivity index (χ1n) is 5.22. The van der Waals surface area contributed by atoms with E-state index in [9.17, 15) is 0 Å². The van der Waals surface area contributed by atoms with Gasteiger partial charge in [-0.15, -0.1) is 12.6 Å². The van der Waals surface area contributed by atoms with Crippen LogP contribution < -0.4 is 0 Å². The first-order valence-corrected chi connectivity index (χ1v) is 5.67. The van der Waals surface area contributed by atoms with Crippen LogP contribution in [0, 0.1) is 6.92 Å². The van der Waals surface area contributed by atoms with E-state index >= 15 is 0 Å². The van der Waals surface area contributed by atoms with Gasteiger partial charge in [0.2, 0.25) is 0 Å². The number of thiol groups is 1. The fourth-order valence-electron chi connectivity index (χ4n) is 1.60. The lowest BCUT2D eigenvalue weighted by Gasteiger charge is -2.04. The minimum Gasteiger partial charge on any atom is -0.143 e. The lowest BCUT2D eigenvalue weighted by molar-refractivity contribution is 1.47. The molecule has 0 aromatic heterocycles.